The number of rotatable bonds is 6. The second-order valence-electron chi connectivity index (χ2n) is 6.41. The molecular formula is C19H19N3O2S2. The van der Waals surface area contributed by atoms with Crippen molar-refractivity contribution in [3.05, 3.63) is 57.0 Å². The van der Waals surface area contributed by atoms with Crippen molar-refractivity contribution in [2.24, 2.45) is 0 Å². The number of amides is 1. The lowest BCUT2D eigenvalue weighted by Gasteiger charge is -2.14. The first-order chi connectivity index (χ1) is 12.6. The Bertz CT molecular complexity index is 994. The van der Waals surface area contributed by atoms with E-state index in [1.807, 2.05) is 48.7 Å². The van der Waals surface area contributed by atoms with Crippen LogP contribution in [0.15, 0.2) is 51.7 Å². The number of hydrogen-bond acceptors (Lipinski definition) is 5. The average molecular weight is 386 g/mol. The minimum absolute atomic E-state index is 0.00652. The normalized spacial score (nSPS) is 15.1. The van der Waals surface area contributed by atoms with Crippen molar-refractivity contribution in [1.82, 2.24) is 14.9 Å². The summed E-state index contributed by atoms with van der Waals surface area (Å²) in [7, 11) is 0. The van der Waals surface area contributed by atoms with Gasteiger partial charge in [0.1, 0.15) is 0 Å². The molecule has 5 nitrogen and oxygen atoms in total. The summed E-state index contributed by atoms with van der Waals surface area (Å²) >= 11 is 2.96. The van der Waals surface area contributed by atoms with Gasteiger partial charge in [0, 0.05) is 10.9 Å². The van der Waals surface area contributed by atoms with Crippen molar-refractivity contribution in [1.29, 1.82) is 0 Å². The zero-order valence-electron chi connectivity index (χ0n) is 14.3. The van der Waals surface area contributed by atoms with Crippen LogP contribution in [-0.4, -0.2) is 21.2 Å². The summed E-state index contributed by atoms with van der Waals surface area (Å²) in [4.78, 5) is 30.9. The van der Waals surface area contributed by atoms with Gasteiger partial charge in [-0.3, -0.25) is 14.2 Å². The van der Waals surface area contributed by atoms with Crippen molar-refractivity contribution in [3.63, 3.8) is 0 Å². The highest BCUT2D eigenvalue weighted by atomic mass is 32.2. The van der Waals surface area contributed by atoms with E-state index >= 15 is 0 Å². The molecule has 0 unspecified atom stereocenters. The summed E-state index contributed by atoms with van der Waals surface area (Å²) in [5.74, 6) is 0.188. The number of benzene rings is 1. The van der Waals surface area contributed by atoms with Crippen LogP contribution in [0, 0.1) is 0 Å². The van der Waals surface area contributed by atoms with Crippen molar-refractivity contribution in [2.45, 2.75) is 37.0 Å². The fourth-order valence-electron chi connectivity index (χ4n) is 2.90. The van der Waals surface area contributed by atoms with E-state index in [-0.39, 0.29) is 29.3 Å². The molecule has 0 spiro atoms. The van der Waals surface area contributed by atoms with E-state index in [9.17, 15) is 9.59 Å². The second kappa shape index (κ2) is 7.25. The Kier molecular flexibility index (Phi) is 4.82. The summed E-state index contributed by atoms with van der Waals surface area (Å²) in [5.41, 5.74) is 0.678. The molecule has 1 saturated carbocycles. The van der Waals surface area contributed by atoms with Gasteiger partial charge in [0.25, 0.3) is 5.56 Å². The molecule has 2 heterocycles. The molecular weight excluding hydrogens is 366 g/mol. The topological polar surface area (TPSA) is 64.0 Å². The van der Waals surface area contributed by atoms with Crippen LogP contribution >= 0.6 is 23.1 Å². The van der Waals surface area contributed by atoms with Crippen LogP contribution in [0.2, 0.25) is 0 Å². The van der Waals surface area contributed by atoms with Crippen molar-refractivity contribution >= 4 is 39.9 Å². The van der Waals surface area contributed by atoms with E-state index in [0.29, 0.717) is 16.1 Å². The Morgan fingerprint density at radius 3 is 2.88 bits per heavy atom. The van der Waals surface area contributed by atoms with E-state index in [2.05, 4.69) is 10.3 Å². The number of carbonyl (C=O) groups is 1. The third kappa shape index (κ3) is 3.54. The van der Waals surface area contributed by atoms with Gasteiger partial charge >= 0.3 is 0 Å². The lowest BCUT2D eigenvalue weighted by Crippen LogP contribution is -2.28. The van der Waals surface area contributed by atoms with Gasteiger partial charge in [0.15, 0.2) is 5.16 Å². The molecule has 1 N–H and O–H groups in total. The van der Waals surface area contributed by atoms with E-state index in [1.165, 1.54) is 11.8 Å². The molecule has 1 amide bonds. The summed E-state index contributed by atoms with van der Waals surface area (Å²) in [6, 6.07) is 11.6. The highest BCUT2D eigenvalue weighted by molar-refractivity contribution is 7.99. The van der Waals surface area contributed by atoms with Crippen LogP contribution in [0.1, 0.15) is 36.7 Å². The maximum atomic E-state index is 12.8. The molecule has 3 aromatic rings. The number of para-hydroxylation sites is 1. The third-order valence-electron chi connectivity index (χ3n) is 4.37. The Morgan fingerprint density at radius 1 is 1.35 bits per heavy atom. The van der Waals surface area contributed by atoms with Crippen LogP contribution in [0.5, 0.6) is 0 Å². The Hall–Kier alpha value is -2.12. The second-order valence-corrected chi connectivity index (χ2v) is 8.33. The minimum Gasteiger partial charge on any atom is -0.348 e. The van der Waals surface area contributed by atoms with Crippen molar-refractivity contribution in [2.75, 3.05) is 5.75 Å². The van der Waals surface area contributed by atoms with Gasteiger partial charge in [-0.2, -0.15) is 0 Å². The molecule has 134 valence electrons. The number of carbonyl (C=O) groups excluding carboxylic acids is 1. The van der Waals surface area contributed by atoms with Gasteiger partial charge in [0.2, 0.25) is 5.91 Å². The van der Waals surface area contributed by atoms with Gasteiger partial charge in [-0.05, 0) is 43.3 Å². The van der Waals surface area contributed by atoms with Crippen molar-refractivity contribution < 1.29 is 4.79 Å². The summed E-state index contributed by atoms with van der Waals surface area (Å²) in [6.07, 6.45) is 1.99. The molecule has 0 bridgehead atoms. The number of hydrogen-bond donors (Lipinski definition) is 1. The van der Waals surface area contributed by atoms with Gasteiger partial charge in [0.05, 0.1) is 22.7 Å². The van der Waals surface area contributed by atoms with Crippen LogP contribution in [-0.2, 0) is 4.79 Å². The van der Waals surface area contributed by atoms with E-state index in [1.54, 1.807) is 15.9 Å². The molecule has 0 aliphatic heterocycles. The molecule has 26 heavy (non-hydrogen) atoms. The first-order valence-electron chi connectivity index (χ1n) is 8.60. The van der Waals surface area contributed by atoms with Gasteiger partial charge in [-0.25, -0.2) is 4.98 Å². The van der Waals surface area contributed by atoms with Crippen LogP contribution in [0.4, 0.5) is 0 Å². The smallest absolute Gasteiger partial charge is 0.262 e. The van der Waals surface area contributed by atoms with Gasteiger partial charge in [-0.1, -0.05) is 30.0 Å². The zero-order valence-corrected chi connectivity index (χ0v) is 16.0. The number of nitrogens with zero attached hydrogens (tertiary/aromatic N) is 2. The van der Waals surface area contributed by atoms with E-state index in [0.717, 1.165) is 17.7 Å². The molecule has 4 rings (SSSR count). The number of aromatic nitrogens is 2. The molecule has 1 fully saturated rings. The maximum absolute atomic E-state index is 12.8. The number of nitrogens with one attached hydrogen (secondary N) is 1. The quantitative estimate of drug-likeness (QED) is 0.518. The largest absolute Gasteiger partial charge is 0.348 e. The Balaban J connectivity index is 1.52. The molecule has 1 atom stereocenters. The van der Waals surface area contributed by atoms with Crippen LogP contribution in [0.3, 0.4) is 0 Å². The van der Waals surface area contributed by atoms with Crippen LogP contribution < -0.4 is 10.9 Å². The first kappa shape index (κ1) is 17.3. The van der Waals surface area contributed by atoms with Gasteiger partial charge in [-0.15, -0.1) is 11.3 Å². The Labute approximate surface area is 159 Å². The predicted molar refractivity (Wildman–Crippen MR) is 106 cm³/mol. The minimum atomic E-state index is -0.0549. The maximum Gasteiger partial charge on any atom is 0.262 e. The average Bonchev–Trinajstić information content (AvgIpc) is 3.31. The molecule has 0 saturated heterocycles. The van der Waals surface area contributed by atoms with E-state index < -0.39 is 0 Å². The standard InChI is InChI=1S/C19H19N3O2S2/c1-12(16-7-4-10-25-16)20-17(23)11-26-19-21-15-6-3-2-5-14(15)18(24)22(19)13-8-9-13/h2-7,10,12-13H,8-9,11H2,1H3,(H,20,23)/t12-/m1/s1. The highest BCUT2D eigenvalue weighted by Gasteiger charge is 2.28. The molecule has 1 aromatic carbocycles. The molecule has 7 heteroatoms. The summed E-state index contributed by atoms with van der Waals surface area (Å²) < 4.78 is 1.77. The Morgan fingerprint density at radius 2 is 2.15 bits per heavy atom. The molecule has 2 aromatic heterocycles. The summed E-state index contributed by atoms with van der Waals surface area (Å²) in [5, 5.41) is 6.28. The number of thiophene rings is 1. The molecule has 1 aliphatic carbocycles. The molecule has 1 aliphatic rings. The lowest BCUT2D eigenvalue weighted by atomic mass is 10.2. The van der Waals surface area contributed by atoms with Crippen molar-refractivity contribution in [3.8, 4) is 0 Å². The summed E-state index contributed by atoms with van der Waals surface area (Å²) in [6.45, 7) is 1.97. The van der Waals surface area contributed by atoms with Gasteiger partial charge < -0.3 is 5.32 Å². The fraction of sp³-hybridized carbons (Fsp3) is 0.316. The third-order valence-corrected chi connectivity index (χ3v) is 6.38. The lowest BCUT2D eigenvalue weighted by molar-refractivity contribution is -0.119. The monoisotopic (exact) mass is 385 g/mol. The zero-order chi connectivity index (χ0) is 18.1. The number of fused-ring (bicyclic) bond motifs is 1. The fourth-order valence-corrected chi connectivity index (χ4v) is 4.52. The van der Waals surface area contributed by atoms with Crippen LogP contribution in [0.25, 0.3) is 10.9 Å². The predicted octanol–water partition coefficient (Wildman–Crippen LogP) is 3.76. The molecule has 0 radical (unpaired) electrons. The highest BCUT2D eigenvalue weighted by Crippen LogP contribution is 2.36. The number of thioether (sulfide) groups is 1. The SMILES string of the molecule is C[C@@H](NC(=O)CSc1nc2ccccc2c(=O)n1C1CC1)c1cccs1. The van der Waals surface area contributed by atoms with E-state index in [4.69, 9.17) is 0 Å². The first-order valence-corrected chi connectivity index (χ1v) is 10.5.